The van der Waals surface area contributed by atoms with Crippen LogP contribution in [0.3, 0.4) is 0 Å². The minimum atomic E-state index is -0.367. The molecule has 0 atom stereocenters. The highest BCUT2D eigenvalue weighted by Gasteiger charge is 2.21. The zero-order valence-electron chi connectivity index (χ0n) is 14.4. The number of carbonyl (C=O) groups excluding carboxylic acids is 2. The van der Waals surface area contributed by atoms with Gasteiger partial charge in [-0.2, -0.15) is 5.10 Å². The van der Waals surface area contributed by atoms with Gasteiger partial charge in [-0.3, -0.25) is 9.48 Å². The Kier molecular flexibility index (Phi) is 5.48. The summed E-state index contributed by atoms with van der Waals surface area (Å²) in [4.78, 5) is 24.1. The van der Waals surface area contributed by atoms with Gasteiger partial charge in [0.15, 0.2) is 0 Å². The lowest BCUT2D eigenvalue weighted by Crippen LogP contribution is -2.24. The van der Waals surface area contributed by atoms with E-state index in [0.29, 0.717) is 17.8 Å². The van der Waals surface area contributed by atoms with Crippen LogP contribution in [0.2, 0.25) is 0 Å². The lowest BCUT2D eigenvalue weighted by atomic mass is 9.89. The molecule has 1 saturated carbocycles. The fourth-order valence-corrected chi connectivity index (χ4v) is 3.27. The molecule has 1 amide bonds. The van der Waals surface area contributed by atoms with Crippen molar-refractivity contribution < 1.29 is 14.3 Å². The van der Waals surface area contributed by atoms with Crippen molar-refractivity contribution in [3.05, 3.63) is 47.8 Å². The third kappa shape index (κ3) is 4.26. The van der Waals surface area contributed by atoms with E-state index in [1.807, 2.05) is 12.1 Å². The third-order valence-corrected chi connectivity index (χ3v) is 4.63. The van der Waals surface area contributed by atoms with E-state index in [2.05, 4.69) is 10.4 Å². The molecule has 6 nitrogen and oxygen atoms in total. The van der Waals surface area contributed by atoms with E-state index in [9.17, 15) is 9.59 Å². The van der Waals surface area contributed by atoms with Gasteiger partial charge in [0.2, 0.25) is 5.91 Å². The molecule has 0 aliphatic heterocycles. The lowest BCUT2D eigenvalue weighted by molar-refractivity contribution is -0.120. The number of aromatic nitrogens is 2. The van der Waals surface area contributed by atoms with E-state index < -0.39 is 0 Å². The number of ether oxygens (including phenoxy) is 1. The van der Waals surface area contributed by atoms with Crippen LogP contribution in [-0.2, 0) is 16.1 Å². The molecule has 0 unspecified atom stereocenters. The van der Waals surface area contributed by atoms with Crippen molar-refractivity contribution in [2.24, 2.45) is 5.92 Å². The lowest BCUT2D eigenvalue weighted by Gasteiger charge is -2.20. The molecule has 25 heavy (non-hydrogen) atoms. The molecule has 0 bridgehead atoms. The SMILES string of the molecule is COC(=O)c1ccccc1Cn1cc(NC(=O)C2CCCCC2)cn1. The van der Waals surface area contributed by atoms with Crippen molar-refractivity contribution in [2.45, 2.75) is 38.6 Å². The van der Waals surface area contributed by atoms with E-state index in [1.54, 1.807) is 29.2 Å². The molecular formula is C19H23N3O3. The molecule has 1 fully saturated rings. The van der Waals surface area contributed by atoms with Crippen LogP contribution in [-0.4, -0.2) is 28.8 Å². The number of anilines is 1. The highest BCUT2D eigenvalue weighted by molar-refractivity contribution is 5.92. The Labute approximate surface area is 147 Å². The highest BCUT2D eigenvalue weighted by Crippen LogP contribution is 2.25. The van der Waals surface area contributed by atoms with Gasteiger partial charge in [-0.15, -0.1) is 0 Å². The fraction of sp³-hybridized carbons (Fsp3) is 0.421. The first kappa shape index (κ1) is 17.2. The number of esters is 1. The first-order valence-electron chi connectivity index (χ1n) is 8.67. The summed E-state index contributed by atoms with van der Waals surface area (Å²) in [5, 5.41) is 7.24. The topological polar surface area (TPSA) is 73.2 Å². The second-order valence-electron chi connectivity index (χ2n) is 6.40. The molecular weight excluding hydrogens is 318 g/mol. The van der Waals surface area contributed by atoms with Crippen LogP contribution < -0.4 is 5.32 Å². The summed E-state index contributed by atoms with van der Waals surface area (Å²) in [6.45, 7) is 0.435. The maximum absolute atomic E-state index is 12.3. The average Bonchev–Trinajstić information content (AvgIpc) is 3.09. The number of hydrogen-bond acceptors (Lipinski definition) is 4. The van der Waals surface area contributed by atoms with Crippen LogP contribution >= 0.6 is 0 Å². The molecule has 1 aromatic heterocycles. The minimum Gasteiger partial charge on any atom is -0.465 e. The van der Waals surface area contributed by atoms with Crippen molar-refractivity contribution in [1.29, 1.82) is 0 Å². The van der Waals surface area contributed by atoms with Gasteiger partial charge in [-0.25, -0.2) is 4.79 Å². The predicted octanol–water partition coefficient (Wildman–Crippen LogP) is 3.24. The van der Waals surface area contributed by atoms with E-state index in [-0.39, 0.29) is 17.8 Å². The number of nitrogens with zero attached hydrogens (tertiary/aromatic N) is 2. The molecule has 132 valence electrons. The summed E-state index contributed by atoms with van der Waals surface area (Å²) in [7, 11) is 1.37. The molecule has 1 aliphatic rings. The standard InChI is InChI=1S/C19H23N3O3/c1-25-19(24)17-10-6-5-9-15(17)12-22-13-16(11-20-22)21-18(23)14-7-3-2-4-8-14/h5-6,9-11,13-14H,2-4,7-8,12H2,1H3,(H,21,23). The smallest absolute Gasteiger partial charge is 0.338 e. The van der Waals surface area contributed by atoms with E-state index in [4.69, 9.17) is 4.74 Å². The first-order valence-corrected chi connectivity index (χ1v) is 8.67. The third-order valence-electron chi connectivity index (χ3n) is 4.63. The molecule has 1 heterocycles. The zero-order valence-corrected chi connectivity index (χ0v) is 14.4. The Morgan fingerprint density at radius 1 is 1.24 bits per heavy atom. The summed E-state index contributed by atoms with van der Waals surface area (Å²) in [6.07, 6.45) is 8.83. The second kappa shape index (κ2) is 7.96. The predicted molar refractivity (Wildman–Crippen MR) is 94.3 cm³/mol. The van der Waals surface area contributed by atoms with E-state index >= 15 is 0 Å². The first-order chi connectivity index (χ1) is 12.2. The average molecular weight is 341 g/mol. The number of hydrogen-bond donors (Lipinski definition) is 1. The Balaban J connectivity index is 1.66. The Hall–Kier alpha value is -2.63. The fourth-order valence-electron chi connectivity index (χ4n) is 3.27. The summed E-state index contributed by atoms with van der Waals surface area (Å²) in [5.41, 5.74) is 2.03. The van der Waals surface area contributed by atoms with Gasteiger partial charge in [0.25, 0.3) is 0 Å². The van der Waals surface area contributed by atoms with Crippen molar-refractivity contribution >= 4 is 17.6 Å². The van der Waals surface area contributed by atoms with Crippen LogP contribution in [0.15, 0.2) is 36.7 Å². The molecule has 0 spiro atoms. The van der Waals surface area contributed by atoms with Crippen molar-refractivity contribution in [2.75, 3.05) is 12.4 Å². The van der Waals surface area contributed by atoms with Crippen LogP contribution in [0.25, 0.3) is 0 Å². The largest absolute Gasteiger partial charge is 0.465 e. The quantitative estimate of drug-likeness (QED) is 0.847. The van der Waals surface area contributed by atoms with Crippen LogP contribution in [0.5, 0.6) is 0 Å². The maximum Gasteiger partial charge on any atom is 0.338 e. The molecule has 3 rings (SSSR count). The monoisotopic (exact) mass is 341 g/mol. The molecule has 6 heteroatoms. The Morgan fingerprint density at radius 2 is 2.00 bits per heavy atom. The molecule has 1 aromatic carbocycles. The highest BCUT2D eigenvalue weighted by atomic mass is 16.5. The van der Waals surface area contributed by atoms with Crippen molar-refractivity contribution in [1.82, 2.24) is 9.78 Å². The normalized spacial score (nSPS) is 14.9. The summed E-state index contributed by atoms with van der Waals surface area (Å²) >= 11 is 0. The molecule has 0 radical (unpaired) electrons. The maximum atomic E-state index is 12.3. The van der Waals surface area contributed by atoms with Gasteiger partial charge in [0, 0.05) is 12.1 Å². The van der Waals surface area contributed by atoms with Crippen LogP contribution in [0.1, 0.15) is 48.0 Å². The number of amides is 1. The van der Waals surface area contributed by atoms with Crippen LogP contribution in [0, 0.1) is 5.92 Å². The van der Waals surface area contributed by atoms with Gasteiger partial charge in [-0.05, 0) is 24.5 Å². The van der Waals surface area contributed by atoms with E-state index in [1.165, 1.54) is 13.5 Å². The zero-order chi connectivity index (χ0) is 17.6. The Bertz CT molecular complexity index is 748. The summed E-state index contributed by atoms with van der Waals surface area (Å²) in [5.74, 6) is -0.181. The second-order valence-corrected chi connectivity index (χ2v) is 6.40. The Morgan fingerprint density at radius 3 is 2.76 bits per heavy atom. The number of rotatable bonds is 5. The minimum absolute atomic E-state index is 0.0780. The van der Waals surface area contributed by atoms with Gasteiger partial charge < -0.3 is 10.1 Å². The van der Waals surface area contributed by atoms with Crippen LogP contribution in [0.4, 0.5) is 5.69 Å². The van der Waals surface area contributed by atoms with Gasteiger partial charge >= 0.3 is 5.97 Å². The molecule has 2 aromatic rings. The number of carbonyl (C=O) groups is 2. The number of methoxy groups -OCH3 is 1. The number of benzene rings is 1. The molecule has 1 N–H and O–H groups in total. The van der Waals surface area contributed by atoms with Crippen molar-refractivity contribution in [3.8, 4) is 0 Å². The summed E-state index contributed by atoms with van der Waals surface area (Å²) in [6, 6.07) is 7.27. The van der Waals surface area contributed by atoms with Gasteiger partial charge in [0.1, 0.15) is 0 Å². The molecule has 1 aliphatic carbocycles. The van der Waals surface area contributed by atoms with Gasteiger partial charge in [0.05, 0.1) is 31.1 Å². The van der Waals surface area contributed by atoms with Crippen molar-refractivity contribution in [3.63, 3.8) is 0 Å². The molecule has 0 saturated heterocycles. The summed E-state index contributed by atoms with van der Waals surface area (Å²) < 4.78 is 6.52. The number of nitrogens with one attached hydrogen (secondary N) is 1. The van der Waals surface area contributed by atoms with Gasteiger partial charge in [-0.1, -0.05) is 37.5 Å². The van der Waals surface area contributed by atoms with E-state index in [0.717, 1.165) is 31.2 Å².